The number of nitrogens with one attached hydrogen (secondary N) is 1. The van der Waals surface area contributed by atoms with Crippen LogP contribution in [0.5, 0.6) is 0 Å². The second-order valence-corrected chi connectivity index (χ2v) is 5.91. The van der Waals surface area contributed by atoms with E-state index in [1.54, 1.807) is 12.1 Å². The van der Waals surface area contributed by atoms with Crippen molar-refractivity contribution < 1.29 is 13.6 Å². The normalized spacial score (nSPS) is 11.3. The predicted octanol–water partition coefficient (Wildman–Crippen LogP) is 4.51. The Morgan fingerprint density at radius 1 is 0.952 bits per heavy atom. The minimum Gasteiger partial charge on any atom is -0.322 e. The highest BCUT2D eigenvalue weighted by molar-refractivity contribution is 6.04. The van der Waals surface area contributed by atoms with Gasteiger partial charge in [-0.2, -0.15) is 0 Å². The summed E-state index contributed by atoms with van der Waals surface area (Å²) >= 11 is 0. The van der Waals surface area contributed by atoms with E-state index >= 15 is 0 Å². The molecule has 0 bridgehead atoms. The van der Waals surface area contributed by atoms with Crippen LogP contribution in [0, 0.1) is 11.6 Å². The van der Waals surface area contributed by atoms with Gasteiger partial charge in [-0.1, -0.05) is 32.9 Å². The number of hydrogen-bond acceptors (Lipinski definition) is 1. The maximum Gasteiger partial charge on any atom is 0.255 e. The van der Waals surface area contributed by atoms with E-state index in [0.29, 0.717) is 5.69 Å². The zero-order valence-electron chi connectivity index (χ0n) is 12.2. The smallest absolute Gasteiger partial charge is 0.255 e. The minimum absolute atomic E-state index is 0.0304. The van der Waals surface area contributed by atoms with Gasteiger partial charge < -0.3 is 5.32 Å². The Bertz CT molecular complexity index is 657. The van der Waals surface area contributed by atoms with Gasteiger partial charge in [-0.05, 0) is 41.3 Å². The van der Waals surface area contributed by atoms with Crippen molar-refractivity contribution in [2.24, 2.45) is 0 Å². The Labute approximate surface area is 122 Å². The topological polar surface area (TPSA) is 29.1 Å². The summed E-state index contributed by atoms with van der Waals surface area (Å²) in [4.78, 5) is 12.0. The predicted molar refractivity (Wildman–Crippen MR) is 79.5 cm³/mol. The number of carbonyl (C=O) groups is 1. The van der Waals surface area contributed by atoms with Crippen LogP contribution in [-0.2, 0) is 5.41 Å². The van der Waals surface area contributed by atoms with Gasteiger partial charge in [0.2, 0.25) is 0 Å². The lowest BCUT2D eigenvalue weighted by Gasteiger charge is -2.19. The maximum atomic E-state index is 13.1. The number of carbonyl (C=O) groups excluding carboxylic acids is 1. The molecule has 4 heteroatoms. The number of benzene rings is 2. The van der Waals surface area contributed by atoms with E-state index in [1.807, 2.05) is 12.1 Å². The summed E-state index contributed by atoms with van der Waals surface area (Å²) in [6.45, 7) is 6.30. The average molecular weight is 289 g/mol. The van der Waals surface area contributed by atoms with Crippen LogP contribution < -0.4 is 5.32 Å². The van der Waals surface area contributed by atoms with Gasteiger partial charge in [0.25, 0.3) is 5.91 Å². The molecule has 0 saturated carbocycles. The van der Waals surface area contributed by atoms with Crippen molar-refractivity contribution in [2.75, 3.05) is 5.32 Å². The third-order valence-electron chi connectivity index (χ3n) is 3.19. The Hall–Kier alpha value is -2.23. The molecule has 0 heterocycles. The minimum atomic E-state index is -1.04. The van der Waals surface area contributed by atoms with Crippen LogP contribution in [0.1, 0.15) is 36.7 Å². The molecule has 0 aliphatic rings. The molecule has 0 fully saturated rings. The van der Waals surface area contributed by atoms with E-state index in [9.17, 15) is 13.6 Å². The van der Waals surface area contributed by atoms with Crippen LogP contribution in [-0.4, -0.2) is 5.91 Å². The average Bonchev–Trinajstić information content (AvgIpc) is 2.41. The third kappa shape index (κ3) is 3.66. The molecule has 21 heavy (non-hydrogen) atoms. The first-order valence-electron chi connectivity index (χ1n) is 6.64. The van der Waals surface area contributed by atoms with Gasteiger partial charge in [0, 0.05) is 11.3 Å². The summed E-state index contributed by atoms with van der Waals surface area (Å²) in [6.07, 6.45) is 0. The van der Waals surface area contributed by atoms with Crippen molar-refractivity contribution in [1.29, 1.82) is 0 Å². The molecule has 0 spiro atoms. The monoisotopic (exact) mass is 289 g/mol. The standard InChI is InChI=1S/C17H17F2NO/c1-17(2,3)12-5-7-13(8-6-12)20-16(21)11-4-9-14(18)15(19)10-11/h4-10H,1-3H3,(H,20,21). The molecule has 2 aromatic rings. The van der Waals surface area contributed by atoms with Crippen LogP contribution in [0.4, 0.5) is 14.5 Å². The highest BCUT2D eigenvalue weighted by Gasteiger charge is 2.14. The molecule has 0 unspecified atom stereocenters. The molecular formula is C17H17F2NO. The van der Waals surface area contributed by atoms with E-state index in [4.69, 9.17) is 0 Å². The van der Waals surface area contributed by atoms with Crippen molar-refractivity contribution in [1.82, 2.24) is 0 Å². The maximum absolute atomic E-state index is 13.1. The van der Waals surface area contributed by atoms with Gasteiger partial charge >= 0.3 is 0 Å². The van der Waals surface area contributed by atoms with Gasteiger partial charge in [-0.3, -0.25) is 4.79 Å². The zero-order chi connectivity index (χ0) is 15.6. The first-order valence-corrected chi connectivity index (χ1v) is 6.64. The Morgan fingerprint density at radius 2 is 1.57 bits per heavy atom. The van der Waals surface area contributed by atoms with Crippen molar-refractivity contribution >= 4 is 11.6 Å². The summed E-state index contributed by atoms with van der Waals surface area (Å²) in [5, 5.41) is 2.66. The summed E-state index contributed by atoms with van der Waals surface area (Å²) in [7, 11) is 0. The molecule has 0 saturated heterocycles. The van der Waals surface area contributed by atoms with Crippen molar-refractivity contribution in [3.8, 4) is 0 Å². The van der Waals surface area contributed by atoms with Crippen molar-refractivity contribution in [2.45, 2.75) is 26.2 Å². The van der Waals surface area contributed by atoms with Gasteiger partial charge in [0.15, 0.2) is 11.6 Å². The molecule has 0 atom stereocenters. The molecule has 110 valence electrons. The fourth-order valence-electron chi connectivity index (χ4n) is 1.89. The molecule has 0 aliphatic heterocycles. The lowest BCUT2D eigenvalue weighted by Crippen LogP contribution is -2.14. The molecule has 0 radical (unpaired) electrons. The van der Waals surface area contributed by atoms with Crippen molar-refractivity contribution in [3.05, 3.63) is 65.2 Å². The Kier molecular flexibility index (Phi) is 4.07. The quantitative estimate of drug-likeness (QED) is 0.865. The molecule has 2 aromatic carbocycles. The molecule has 0 aromatic heterocycles. The fraction of sp³-hybridized carbons (Fsp3) is 0.235. The number of rotatable bonds is 2. The molecule has 0 aliphatic carbocycles. The van der Waals surface area contributed by atoms with Gasteiger partial charge in [-0.25, -0.2) is 8.78 Å². The summed E-state index contributed by atoms with van der Waals surface area (Å²) in [6, 6.07) is 10.5. The summed E-state index contributed by atoms with van der Waals surface area (Å²) in [5.74, 6) is -2.48. The second-order valence-electron chi connectivity index (χ2n) is 5.91. The third-order valence-corrected chi connectivity index (χ3v) is 3.19. The highest BCUT2D eigenvalue weighted by Crippen LogP contribution is 2.23. The van der Waals surface area contributed by atoms with E-state index in [0.717, 1.165) is 17.7 Å². The number of hydrogen-bond donors (Lipinski definition) is 1. The number of halogens is 2. The van der Waals surface area contributed by atoms with Crippen molar-refractivity contribution in [3.63, 3.8) is 0 Å². The largest absolute Gasteiger partial charge is 0.322 e. The van der Waals surface area contributed by atoms with Crippen LogP contribution >= 0.6 is 0 Å². The van der Waals surface area contributed by atoms with Crippen LogP contribution in [0.3, 0.4) is 0 Å². The van der Waals surface area contributed by atoms with E-state index in [1.165, 1.54) is 6.07 Å². The van der Waals surface area contributed by atoms with E-state index < -0.39 is 17.5 Å². The molecule has 1 N–H and O–H groups in total. The second kappa shape index (κ2) is 5.64. The van der Waals surface area contributed by atoms with Crippen LogP contribution in [0.2, 0.25) is 0 Å². The molecule has 1 amide bonds. The van der Waals surface area contributed by atoms with Crippen LogP contribution in [0.15, 0.2) is 42.5 Å². The molecule has 2 nitrogen and oxygen atoms in total. The van der Waals surface area contributed by atoms with Crippen LogP contribution in [0.25, 0.3) is 0 Å². The Balaban J connectivity index is 2.14. The highest BCUT2D eigenvalue weighted by atomic mass is 19.2. The SMILES string of the molecule is CC(C)(C)c1ccc(NC(=O)c2ccc(F)c(F)c2)cc1. The first kappa shape index (κ1) is 15.2. The lowest BCUT2D eigenvalue weighted by atomic mass is 9.87. The summed E-state index contributed by atoms with van der Waals surface area (Å²) in [5.41, 5.74) is 1.86. The van der Waals surface area contributed by atoms with E-state index in [-0.39, 0.29) is 11.0 Å². The van der Waals surface area contributed by atoms with Gasteiger partial charge in [0.1, 0.15) is 0 Å². The Morgan fingerprint density at radius 3 is 2.10 bits per heavy atom. The zero-order valence-corrected chi connectivity index (χ0v) is 12.2. The molecule has 2 rings (SSSR count). The molecular weight excluding hydrogens is 272 g/mol. The summed E-state index contributed by atoms with van der Waals surface area (Å²) < 4.78 is 25.9. The first-order chi connectivity index (χ1) is 9.77. The number of anilines is 1. The van der Waals surface area contributed by atoms with Gasteiger partial charge in [-0.15, -0.1) is 0 Å². The van der Waals surface area contributed by atoms with E-state index in [2.05, 4.69) is 26.1 Å². The number of amides is 1. The van der Waals surface area contributed by atoms with Gasteiger partial charge in [0.05, 0.1) is 0 Å². The lowest BCUT2D eigenvalue weighted by molar-refractivity contribution is 0.102. The fourth-order valence-corrected chi connectivity index (χ4v) is 1.89.